The number of ether oxygens (including phenoxy) is 1. The van der Waals surface area contributed by atoms with Gasteiger partial charge in [0.05, 0.1) is 16.8 Å². The summed E-state index contributed by atoms with van der Waals surface area (Å²) in [6, 6.07) is 11.7. The van der Waals surface area contributed by atoms with Gasteiger partial charge in [-0.1, -0.05) is 24.3 Å². The molecule has 5 nitrogen and oxygen atoms in total. The van der Waals surface area contributed by atoms with Crippen LogP contribution in [0.4, 0.5) is 0 Å². The van der Waals surface area contributed by atoms with Crippen LogP contribution in [0, 0.1) is 0 Å². The van der Waals surface area contributed by atoms with Crippen LogP contribution in [0.5, 0.6) is 0 Å². The summed E-state index contributed by atoms with van der Waals surface area (Å²) in [5.74, 6) is -0.769. The zero-order valence-electron chi connectivity index (χ0n) is 16.2. The van der Waals surface area contributed by atoms with Gasteiger partial charge in [0.1, 0.15) is 0 Å². The van der Waals surface area contributed by atoms with E-state index in [1.54, 1.807) is 11.3 Å². The van der Waals surface area contributed by atoms with Gasteiger partial charge in [-0.2, -0.15) is 0 Å². The van der Waals surface area contributed by atoms with Crippen LogP contribution in [-0.2, 0) is 16.0 Å². The molecular weight excluding hydrogens is 384 g/mol. The Balaban J connectivity index is 1.79. The minimum absolute atomic E-state index is 0.282. The number of benzene rings is 1. The molecule has 4 rings (SSSR count). The lowest BCUT2D eigenvalue weighted by molar-refractivity contribution is -0.124. The number of thiophene rings is 1. The fraction of sp³-hybridized carbons (Fsp3) is 0.261. The first kappa shape index (κ1) is 19.3. The number of carbonyl (C=O) groups is 2. The number of nitrogens with zero attached hydrogens (tertiary/aromatic N) is 1. The van der Waals surface area contributed by atoms with Crippen molar-refractivity contribution in [3.63, 3.8) is 0 Å². The molecule has 0 unspecified atom stereocenters. The summed E-state index contributed by atoms with van der Waals surface area (Å²) < 4.78 is 5.36. The third-order valence-corrected chi connectivity index (χ3v) is 5.76. The Hall–Kier alpha value is -2.99. The highest BCUT2D eigenvalue weighted by Crippen LogP contribution is 2.36. The maximum Gasteiger partial charge on any atom is 0.339 e. The minimum Gasteiger partial charge on any atom is -0.452 e. The number of aromatic nitrogens is 1. The average Bonchev–Trinajstić information content (AvgIpc) is 3.24. The first-order valence-electron chi connectivity index (χ1n) is 9.77. The molecule has 1 N–H and O–H groups in total. The first-order valence-corrected chi connectivity index (χ1v) is 10.6. The number of allylic oxidation sites excluding steroid dienone is 1. The monoisotopic (exact) mass is 406 g/mol. The molecule has 0 spiro atoms. The zero-order valence-corrected chi connectivity index (χ0v) is 17.1. The highest BCUT2D eigenvalue weighted by Gasteiger charge is 2.26. The highest BCUT2D eigenvalue weighted by molar-refractivity contribution is 7.10. The highest BCUT2D eigenvalue weighted by atomic mass is 32.1. The molecule has 0 saturated heterocycles. The van der Waals surface area contributed by atoms with Crippen molar-refractivity contribution in [2.45, 2.75) is 26.2 Å². The summed E-state index contributed by atoms with van der Waals surface area (Å²) in [6.45, 7) is 2.05. The maximum absolute atomic E-state index is 13.0. The van der Waals surface area contributed by atoms with E-state index < -0.39 is 5.97 Å². The van der Waals surface area contributed by atoms with E-state index in [1.807, 2.05) is 42.6 Å². The molecule has 0 bridgehead atoms. The van der Waals surface area contributed by atoms with Crippen molar-refractivity contribution < 1.29 is 14.3 Å². The zero-order chi connectivity index (χ0) is 20.2. The SMILES string of the molecule is CCNC(=O)COC(=O)c1c2c(nc3ccccc13)C(=Cc1cccs1)CCC2. The van der Waals surface area contributed by atoms with Crippen LogP contribution < -0.4 is 5.32 Å². The molecule has 29 heavy (non-hydrogen) atoms. The Bertz CT molecular complexity index is 1090. The molecule has 6 heteroatoms. The number of pyridine rings is 1. The van der Waals surface area contributed by atoms with Gasteiger partial charge in [0.2, 0.25) is 0 Å². The third-order valence-electron chi connectivity index (χ3n) is 4.94. The summed E-state index contributed by atoms with van der Waals surface area (Å²) >= 11 is 1.68. The van der Waals surface area contributed by atoms with Gasteiger partial charge < -0.3 is 10.1 Å². The number of likely N-dealkylation sites (N-methyl/N-ethyl adjacent to an activating group) is 1. The first-order chi connectivity index (χ1) is 14.2. The van der Waals surface area contributed by atoms with Crippen molar-refractivity contribution in [2.24, 2.45) is 0 Å². The second kappa shape index (κ2) is 8.57. The number of para-hydroxylation sites is 1. The normalized spacial score (nSPS) is 14.6. The van der Waals surface area contributed by atoms with E-state index in [-0.39, 0.29) is 12.5 Å². The van der Waals surface area contributed by atoms with Crippen LogP contribution in [0.2, 0.25) is 0 Å². The molecule has 3 aromatic rings. The molecular formula is C23H22N2O3S. The predicted octanol–water partition coefficient (Wildman–Crippen LogP) is 4.47. The Kier molecular flexibility index (Phi) is 5.71. The molecule has 0 fully saturated rings. The number of carbonyl (C=O) groups excluding carboxylic acids is 2. The molecule has 2 heterocycles. The van der Waals surface area contributed by atoms with E-state index in [4.69, 9.17) is 9.72 Å². The smallest absolute Gasteiger partial charge is 0.339 e. The van der Waals surface area contributed by atoms with Crippen molar-refractivity contribution in [3.05, 3.63) is 63.5 Å². The summed E-state index contributed by atoms with van der Waals surface area (Å²) in [6.07, 6.45) is 4.79. The molecule has 148 valence electrons. The standard InChI is InChI=1S/C23H22N2O3S/c1-2-24-20(26)14-28-23(27)21-17-9-3-4-11-19(17)25-22-15(7-5-10-18(21)22)13-16-8-6-12-29-16/h3-4,6,8-9,11-13H,2,5,7,10,14H2,1H3,(H,24,26). The van der Waals surface area contributed by atoms with Gasteiger partial charge in [0.15, 0.2) is 6.61 Å². The Morgan fingerprint density at radius 3 is 2.86 bits per heavy atom. The molecule has 0 aliphatic heterocycles. The molecule has 1 aliphatic carbocycles. The summed E-state index contributed by atoms with van der Waals surface area (Å²) in [4.78, 5) is 30.8. The lowest BCUT2D eigenvalue weighted by atomic mass is 9.86. The van der Waals surface area contributed by atoms with Crippen molar-refractivity contribution in [2.75, 3.05) is 13.2 Å². The second-order valence-corrected chi connectivity index (χ2v) is 7.88. The van der Waals surface area contributed by atoms with E-state index in [2.05, 4.69) is 17.5 Å². The maximum atomic E-state index is 13.0. The van der Waals surface area contributed by atoms with Gasteiger partial charge >= 0.3 is 5.97 Å². The number of fused-ring (bicyclic) bond motifs is 2. The Morgan fingerprint density at radius 2 is 2.07 bits per heavy atom. The number of rotatable bonds is 5. The van der Waals surface area contributed by atoms with Crippen LogP contribution >= 0.6 is 11.3 Å². The van der Waals surface area contributed by atoms with Gasteiger partial charge in [-0.05, 0) is 60.9 Å². The Morgan fingerprint density at radius 1 is 1.21 bits per heavy atom. The third kappa shape index (κ3) is 4.07. The number of esters is 1. The predicted molar refractivity (Wildman–Crippen MR) is 116 cm³/mol. The number of hydrogen-bond donors (Lipinski definition) is 1. The molecule has 0 atom stereocenters. The molecule has 0 saturated carbocycles. The van der Waals surface area contributed by atoms with Gasteiger partial charge in [0, 0.05) is 16.8 Å². The van der Waals surface area contributed by atoms with Crippen LogP contribution in [0.25, 0.3) is 22.6 Å². The molecule has 1 aliphatic rings. The van der Waals surface area contributed by atoms with Crippen molar-refractivity contribution in [3.8, 4) is 0 Å². The largest absolute Gasteiger partial charge is 0.452 e. The molecule has 2 aromatic heterocycles. The fourth-order valence-electron chi connectivity index (χ4n) is 3.70. The second-order valence-electron chi connectivity index (χ2n) is 6.90. The topological polar surface area (TPSA) is 68.3 Å². The van der Waals surface area contributed by atoms with Gasteiger partial charge in [0.25, 0.3) is 5.91 Å². The summed E-state index contributed by atoms with van der Waals surface area (Å²) in [5, 5.41) is 5.46. The fourth-order valence-corrected chi connectivity index (χ4v) is 4.39. The number of nitrogens with one attached hydrogen (secondary N) is 1. The van der Waals surface area contributed by atoms with Crippen LogP contribution in [0.3, 0.4) is 0 Å². The lowest BCUT2D eigenvalue weighted by Crippen LogP contribution is -2.28. The average molecular weight is 407 g/mol. The van der Waals surface area contributed by atoms with Crippen LogP contribution in [-0.4, -0.2) is 30.0 Å². The lowest BCUT2D eigenvalue weighted by Gasteiger charge is -2.22. The van der Waals surface area contributed by atoms with Gasteiger partial charge in [-0.15, -0.1) is 11.3 Å². The van der Waals surface area contributed by atoms with Crippen molar-refractivity contribution in [1.29, 1.82) is 0 Å². The molecule has 0 radical (unpaired) electrons. The van der Waals surface area contributed by atoms with E-state index >= 15 is 0 Å². The summed E-state index contributed by atoms with van der Waals surface area (Å²) in [7, 11) is 0. The van der Waals surface area contributed by atoms with Crippen molar-refractivity contribution >= 4 is 45.8 Å². The quantitative estimate of drug-likeness (QED) is 0.635. The van der Waals surface area contributed by atoms with Crippen LogP contribution in [0.15, 0.2) is 41.8 Å². The molecule has 1 amide bonds. The van der Waals surface area contributed by atoms with Gasteiger partial charge in [-0.3, -0.25) is 4.79 Å². The summed E-state index contributed by atoms with van der Waals surface area (Å²) in [5.41, 5.74) is 4.21. The number of amides is 1. The van der Waals surface area contributed by atoms with E-state index in [0.717, 1.165) is 47.0 Å². The van der Waals surface area contributed by atoms with E-state index in [1.165, 1.54) is 4.88 Å². The van der Waals surface area contributed by atoms with E-state index in [0.29, 0.717) is 12.1 Å². The van der Waals surface area contributed by atoms with E-state index in [9.17, 15) is 9.59 Å². The Labute approximate surface area is 173 Å². The molecule has 1 aromatic carbocycles. The van der Waals surface area contributed by atoms with Crippen molar-refractivity contribution in [1.82, 2.24) is 10.3 Å². The van der Waals surface area contributed by atoms with Gasteiger partial charge in [-0.25, -0.2) is 9.78 Å². The minimum atomic E-state index is -0.469. The van der Waals surface area contributed by atoms with Crippen LogP contribution in [0.1, 0.15) is 46.3 Å². The number of hydrogen-bond acceptors (Lipinski definition) is 5.